The van der Waals surface area contributed by atoms with Gasteiger partial charge in [0.1, 0.15) is 11.4 Å². The first-order valence-corrected chi connectivity index (χ1v) is 8.48. The number of benzene rings is 1. The molecule has 2 heterocycles. The van der Waals surface area contributed by atoms with Crippen LogP contribution in [0.5, 0.6) is 5.75 Å². The van der Waals surface area contributed by atoms with Crippen LogP contribution in [0.3, 0.4) is 0 Å². The van der Waals surface area contributed by atoms with Gasteiger partial charge in [0.05, 0.1) is 19.3 Å². The molecule has 1 aromatic heterocycles. The van der Waals surface area contributed by atoms with E-state index in [1.807, 2.05) is 44.2 Å². The third-order valence-electron chi connectivity index (χ3n) is 3.79. The van der Waals surface area contributed by atoms with E-state index in [0.717, 1.165) is 17.1 Å². The molecule has 0 unspecified atom stereocenters. The summed E-state index contributed by atoms with van der Waals surface area (Å²) in [5.74, 6) is 0.770. The number of anilines is 2. The number of carbonyl (C=O) groups is 1. The Labute approximate surface area is 147 Å². The summed E-state index contributed by atoms with van der Waals surface area (Å²) in [7, 11) is 0. The van der Waals surface area contributed by atoms with Gasteiger partial charge in [-0.1, -0.05) is 0 Å². The van der Waals surface area contributed by atoms with E-state index in [-0.39, 0.29) is 12.0 Å². The summed E-state index contributed by atoms with van der Waals surface area (Å²) in [6.07, 6.45) is 1.79. The zero-order chi connectivity index (χ0) is 17.6. The van der Waals surface area contributed by atoms with E-state index >= 15 is 0 Å². The minimum atomic E-state index is -0.0624. The van der Waals surface area contributed by atoms with Crippen molar-refractivity contribution in [3.05, 3.63) is 48.3 Å². The number of rotatable bonds is 5. The van der Waals surface area contributed by atoms with Crippen molar-refractivity contribution in [2.24, 2.45) is 0 Å². The highest BCUT2D eigenvalue weighted by molar-refractivity contribution is 5.93. The van der Waals surface area contributed by atoms with Crippen LogP contribution in [-0.4, -0.2) is 48.2 Å². The largest absolute Gasteiger partial charge is 0.491 e. The molecule has 6 nitrogen and oxygen atoms in total. The average Bonchev–Trinajstić information content (AvgIpc) is 2.63. The number of hydrogen-bond acceptors (Lipinski definition) is 5. The molecule has 1 aliphatic heterocycles. The molecule has 1 aromatic carbocycles. The number of amides is 1. The molecule has 132 valence electrons. The quantitative estimate of drug-likeness (QED) is 0.905. The number of ether oxygens (including phenoxy) is 2. The fourth-order valence-corrected chi connectivity index (χ4v) is 2.61. The molecule has 0 saturated carbocycles. The van der Waals surface area contributed by atoms with Crippen molar-refractivity contribution < 1.29 is 14.3 Å². The topological polar surface area (TPSA) is 63.7 Å². The number of pyridine rings is 1. The van der Waals surface area contributed by atoms with E-state index in [4.69, 9.17) is 9.47 Å². The number of nitrogens with one attached hydrogen (secondary N) is 1. The Kier molecular flexibility index (Phi) is 5.50. The van der Waals surface area contributed by atoms with E-state index in [9.17, 15) is 4.79 Å². The van der Waals surface area contributed by atoms with Crippen molar-refractivity contribution in [2.75, 3.05) is 31.6 Å². The van der Waals surface area contributed by atoms with E-state index in [2.05, 4.69) is 10.3 Å². The smallest absolute Gasteiger partial charge is 0.272 e. The number of nitrogens with zero attached hydrogens (tertiary/aromatic N) is 2. The van der Waals surface area contributed by atoms with Gasteiger partial charge in [-0.2, -0.15) is 0 Å². The summed E-state index contributed by atoms with van der Waals surface area (Å²) < 4.78 is 10.9. The molecule has 1 aliphatic rings. The van der Waals surface area contributed by atoms with E-state index < -0.39 is 0 Å². The van der Waals surface area contributed by atoms with E-state index in [0.29, 0.717) is 32.0 Å². The fourth-order valence-electron chi connectivity index (χ4n) is 2.61. The Hall–Kier alpha value is -2.60. The molecule has 1 saturated heterocycles. The second-order valence-electron chi connectivity index (χ2n) is 6.15. The van der Waals surface area contributed by atoms with Gasteiger partial charge in [-0.3, -0.25) is 9.78 Å². The Balaban J connectivity index is 1.68. The Morgan fingerprint density at radius 1 is 1.16 bits per heavy atom. The molecule has 0 aliphatic carbocycles. The van der Waals surface area contributed by atoms with Gasteiger partial charge >= 0.3 is 0 Å². The van der Waals surface area contributed by atoms with Crippen LogP contribution < -0.4 is 10.1 Å². The zero-order valence-electron chi connectivity index (χ0n) is 14.6. The molecule has 0 bridgehead atoms. The van der Waals surface area contributed by atoms with Gasteiger partial charge in [-0.15, -0.1) is 0 Å². The third kappa shape index (κ3) is 4.70. The van der Waals surface area contributed by atoms with Crippen molar-refractivity contribution in [3.8, 4) is 5.75 Å². The molecule has 0 radical (unpaired) electrons. The molecule has 1 amide bonds. The fraction of sp³-hybridized carbons (Fsp3) is 0.368. The molecule has 0 spiro atoms. The predicted octanol–water partition coefficient (Wildman–Crippen LogP) is 3.08. The maximum absolute atomic E-state index is 12.5. The Bertz CT molecular complexity index is 710. The van der Waals surface area contributed by atoms with Gasteiger partial charge in [0, 0.05) is 30.7 Å². The number of aromatic nitrogens is 1. The monoisotopic (exact) mass is 341 g/mol. The molecule has 1 N–H and O–H groups in total. The second kappa shape index (κ2) is 7.98. The van der Waals surface area contributed by atoms with Crippen LogP contribution in [0.4, 0.5) is 11.4 Å². The summed E-state index contributed by atoms with van der Waals surface area (Å²) in [6.45, 7) is 6.36. The summed E-state index contributed by atoms with van der Waals surface area (Å²) >= 11 is 0. The van der Waals surface area contributed by atoms with Crippen LogP contribution in [0, 0.1) is 0 Å². The van der Waals surface area contributed by atoms with Crippen molar-refractivity contribution in [1.29, 1.82) is 0 Å². The first kappa shape index (κ1) is 17.2. The molecule has 3 rings (SSSR count). The number of carbonyl (C=O) groups excluding carboxylic acids is 1. The first-order chi connectivity index (χ1) is 12.1. The first-order valence-electron chi connectivity index (χ1n) is 8.48. The van der Waals surface area contributed by atoms with Gasteiger partial charge in [0.25, 0.3) is 5.91 Å². The van der Waals surface area contributed by atoms with Crippen LogP contribution in [-0.2, 0) is 4.74 Å². The highest BCUT2D eigenvalue weighted by Crippen LogP contribution is 2.21. The molecule has 25 heavy (non-hydrogen) atoms. The van der Waals surface area contributed by atoms with Gasteiger partial charge in [-0.05, 0) is 50.2 Å². The maximum atomic E-state index is 12.5. The van der Waals surface area contributed by atoms with Gasteiger partial charge < -0.3 is 19.7 Å². The highest BCUT2D eigenvalue weighted by atomic mass is 16.5. The molecule has 1 fully saturated rings. The third-order valence-corrected chi connectivity index (χ3v) is 3.79. The molecular weight excluding hydrogens is 318 g/mol. The summed E-state index contributed by atoms with van der Waals surface area (Å²) in [5, 5.41) is 3.29. The van der Waals surface area contributed by atoms with Crippen molar-refractivity contribution in [1.82, 2.24) is 9.88 Å². The van der Waals surface area contributed by atoms with Crippen molar-refractivity contribution >= 4 is 17.3 Å². The number of hydrogen-bond donors (Lipinski definition) is 1. The Morgan fingerprint density at radius 2 is 1.88 bits per heavy atom. The molecule has 2 aromatic rings. The SMILES string of the molecule is CC(C)Oc1ccc(Nc2ccnc(C(=O)N3CCOCC3)c2)cc1. The van der Waals surface area contributed by atoms with Crippen LogP contribution in [0.1, 0.15) is 24.3 Å². The van der Waals surface area contributed by atoms with E-state index in [1.165, 1.54) is 0 Å². The Morgan fingerprint density at radius 3 is 2.56 bits per heavy atom. The van der Waals surface area contributed by atoms with Crippen LogP contribution in [0.2, 0.25) is 0 Å². The zero-order valence-corrected chi connectivity index (χ0v) is 14.6. The highest BCUT2D eigenvalue weighted by Gasteiger charge is 2.19. The van der Waals surface area contributed by atoms with Crippen molar-refractivity contribution in [2.45, 2.75) is 20.0 Å². The van der Waals surface area contributed by atoms with Gasteiger partial charge in [-0.25, -0.2) is 0 Å². The summed E-state index contributed by atoms with van der Waals surface area (Å²) in [5.41, 5.74) is 2.18. The van der Waals surface area contributed by atoms with Crippen molar-refractivity contribution in [3.63, 3.8) is 0 Å². The average molecular weight is 341 g/mol. The van der Waals surface area contributed by atoms with Crippen LogP contribution >= 0.6 is 0 Å². The minimum Gasteiger partial charge on any atom is -0.491 e. The van der Waals surface area contributed by atoms with Crippen LogP contribution in [0.15, 0.2) is 42.6 Å². The molecular formula is C19H23N3O3. The predicted molar refractivity (Wildman–Crippen MR) is 96.4 cm³/mol. The normalized spacial score (nSPS) is 14.4. The second-order valence-corrected chi connectivity index (χ2v) is 6.15. The van der Waals surface area contributed by atoms with E-state index in [1.54, 1.807) is 17.2 Å². The maximum Gasteiger partial charge on any atom is 0.272 e. The lowest BCUT2D eigenvalue weighted by Crippen LogP contribution is -2.41. The lowest BCUT2D eigenvalue weighted by molar-refractivity contribution is 0.0299. The van der Waals surface area contributed by atoms with Crippen LogP contribution in [0.25, 0.3) is 0 Å². The number of morpholine rings is 1. The molecule has 6 heteroatoms. The van der Waals surface area contributed by atoms with Gasteiger partial charge in [0.2, 0.25) is 0 Å². The lowest BCUT2D eigenvalue weighted by atomic mass is 10.2. The minimum absolute atomic E-state index is 0.0624. The lowest BCUT2D eigenvalue weighted by Gasteiger charge is -2.26. The van der Waals surface area contributed by atoms with Gasteiger partial charge in [0.15, 0.2) is 0 Å². The standard InChI is InChI=1S/C19H23N3O3/c1-14(2)25-17-5-3-15(4-6-17)21-16-7-8-20-18(13-16)19(23)22-9-11-24-12-10-22/h3-8,13-14H,9-12H2,1-2H3,(H,20,21). The summed E-state index contributed by atoms with van der Waals surface area (Å²) in [6, 6.07) is 11.3. The summed E-state index contributed by atoms with van der Waals surface area (Å²) in [4.78, 5) is 18.5. The molecule has 0 atom stereocenters.